The summed E-state index contributed by atoms with van der Waals surface area (Å²) in [6.45, 7) is 3.12. The first-order chi connectivity index (χ1) is 11.7. The van der Waals surface area contributed by atoms with Crippen LogP contribution in [0.3, 0.4) is 0 Å². The van der Waals surface area contributed by atoms with Gasteiger partial charge in [0.25, 0.3) is 5.91 Å². The van der Waals surface area contributed by atoms with Crippen LogP contribution in [0.5, 0.6) is 5.88 Å². The normalized spacial score (nSPS) is 20.9. The monoisotopic (exact) mass is 328 g/mol. The Labute approximate surface area is 140 Å². The highest BCUT2D eigenvalue weighted by atomic mass is 16.5. The van der Waals surface area contributed by atoms with E-state index in [9.17, 15) is 4.79 Å². The fourth-order valence-electron chi connectivity index (χ4n) is 2.95. The second-order valence-corrected chi connectivity index (χ2v) is 6.54. The minimum Gasteiger partial charge on any atom is -0.471 e. The van der Waals surface area contributed by atoms with Crippen molar-refractivity contribution < 1.29 is 14.1 Å². The first-order valence-electron chi connectivity index (χ1n) is 8.42. The zero-order valence-electron chi connectivity index (χ0n) is 13.6. The quantitative estimate of drug-likeness (QED) is 0.857. The molecule has 1 saturated carbocycles. The van der Waals surface area contributed by atoms with Crippen molar-refractivity contribution in [2.45, 2.75) is 44.6 Å². The molecule has 1 atom stereocenters. The lowest BCUT2D eigenvalue weighted by Gasteiger charge is -2.32. The maximum atomic E-state index is 12.6. The van der Waals surface area contributed by atoms with E-state index in [0.29, 0.717) is 30.6 Å². The Bertz CT molecular complexity index is 724. The highest BCUT2D eigenvalue weighted by Crippen LogP contribution is 2.40. The van der Waals surface area contributed by atoms with Gasteiger partial charge in [0.2, 0.25) is 5.88 Å². The second kappa shape index (κ2) is 6.22. The van der Waals surface area contributed by atoms with Crippen molar-refractivity contribution in [3.8, 4) is 5.88 Å². The molecule has 0 unspecified atom stereocenters. The molecule has 0 bridgehead atoms. The summed E-state index contributed by atoms with van der Waals surface area (Å²) in [4.78, 5) is 14.4. The van der Waals surface area contributed by atoms with E-state index in [1.165, 1.54) is 0 Å². The van der Waals surface area contributed by atoms with E-state index in [1.54, 1.807) is 11.0 Å². The predicted octanol–water partition coefficient (Wildman–Crippen LogP) is 2.33. The topological polar surface area (TPSA) is 81.4 Å². The second-order valence-electron chi connectivity index (χ2n) is 6.54. The van der Waals surface area contributed by atoms with Gasteiger partial charge in [-0.2, -0.15) is 5.10 Å². The number of hydrogen-bond donors (Lipinski definition) is 0. The van der Waals surface area contributed by atoms with E-state index >= 15 is 0 Å². The molecule has 0 N–H and O–H groups in total. The van der Waals surface area contributed by atoms with Crippen molar-refractivity contribution in [3.63, 3.8) is 0 Å². The number of rotatable bonds is 4. The fraction of sp³-hybridized carbons (Fsp3) is 0.529. The van der Waals surface area contributed by atoms with Crippen molar-refractivity contribution in [2.24, 2.45) is 0 Å². The van der Waals surface area contributed by atoms with Gasteiger partial charge in [0.15, 0.2) is 5.69 Å². The molecule has 0 aromatic carbocycles. The summed E-state index contributed by atoms with van der Waals surface area (Å²) in [5, 5.41) is 12.0. The number of aryl methyl sites for hydroxylation is 1. The van der Waals surface area contributed by atoms with E-state index in [1.807, 2.05) is 19.1 Å². The highest BCUT2D eigenvalue weighted by Gasteiger charge is 2.31. The van der Waals surface area contributed by atoms with Crippen LogP contribution in [0.25, 0.3) is 0 Å². The van der Waals surface area contributed by atoms with Crippen molar-refractivity contribution in [2.75, 3.05) is 13.1 Å². The van der Waals surface area contributed by atoms with Crippen molar-refractivity contribution in [1.82, 2.24) is 20.3 Å². The van der Waals surface area contributed by atoms with Gasteiger partial charge in [0.1, 0.15) is 11.9 Å². The summed E-state index contributed by atoms with van der Waals surface area (Å²) in [5.74, 6) is 1.70. The molecule has 1 saturated heterocycles. The van der Waals surface area contributed by atoms with Crippen molar-refractivity contribution in [1.29, 1.82) is 0 Å². The standard InChI is InChI=1S/C17H20N4O3/c1-11-4-7-16(19-18-11)23-13-3-2-8-21(10-13)17(22)14-9-15(24-20-14)12-5-6-12/h4,7,9,12-13H,2-3,5-6,8,10H2,1H3/t13-/m1/s1. The third kappa shape index (κ3) is 3.25. The van der Waals surface area contributed by atoms with E-state index < -0.39 is 0 Å². The predicted molar refractivity (Wildman–Crippen MR) is 84.8 cm³/mol. The Balaban J connectivity index is 1.39. The summed E-state index contributed by atoms with van der Waals surface area (Å²) in [6, 6.07) is 5.46. The molecule has 4 rings (SSSR count). The molecular formula is C17H20N4O3. The molecular weight excluding hydrogens is 308 g/mol. The molecule has 2 aliphatic rings. The average molecular weight is 328 g/mol. The maximum Gasteiger partial charge on any atom is 0.276 e. The van der Waals surface area contributed by atoms with Crippen LogP contribution in [0.2, 0.25) is 0 Å². The number of hydrogen-bond acceptors (Lipinski definition) is 6. The van der Waals surface area contributed by atoms with E-state index in [0.717, 1.165) is 37.1 Å². The van der Waals surface area contributed by atoms with Crippen LogP contribution in [0, 0.1) is 6.92 Å². The molecule has 1 aliphatic heterocycles. The third-order valence-corrected chi connectivity index (χ3v) is 4.45. The first-order valence-corrected chi connectivity index (χ1v) is 8.42. The van der Waals surface area contributed by atoms with Crippen LogP contribution in [0.1, 0.15) is 53.5 Å². The van der Waals surface area contributed by atoms with Gasteiger partial charge in [-0.3, -0.25) is 4.79 Å². The zero-order chi connectivity index (χ0) is 16.5. The maximum absolute atomic E-state index is 12.6. The molecule has 2 aromatic heterocycles. The Morgan fingerprint density at radius 2 is 2.17 bits per heavy atom. The number of amides is 1. The van der Waals surface area contributed by atoms with Crippen LogP contribution in [0.15, 0.2) is 22.7 Å². The van der Waals surface area contributed by atoms with Crippen LogP contribution in [0.4, 0.5) is 0 Å². The number of piperidine rings is 1. The summed E-state index contributed by atoms with van der Waals surface area (Å²) < 4.78 is 11.2. The molecule has 24 heavy (non-hydrogen) atoms. The van der Waals surface area contributed by atoms with Gasteiger partial charge in [-0.15, -0.1) is 5.10 Å². The summed E-state index contributed by atoms with van der Waals surface area (Å²) in [7, 11) is 0. The molecule has 7 heteroatoms. The van der Waals surface area contributed by atoms with Crippen LogP contribution in [-0.4, -0.2) is 45.4 Å². The molecule has 0 spiro atoms. The van der Waals surface area contributed by atoms with Gasteiger partial charge < -0.3 is 14.2 Å². The third-order valence-electron chi connectivity index (χ3n) is 4.45. The summed E-state index contributed by atoms with van der Waals surface area (Å²) in [6.07, 6.45) is 3.96. The number of ether oxygens (including phenoxy) is 1. The largest absolute Gasteiger partial charge is 0.471 e. The Morgan fingerprint density at radius 3 is 2.92 bits per heavy atom. The number of carbonyl (C=O) groups excluding carboxylic acids is 1. The molecule has 2 fully saturated rings. The van der Waals surface area contributed by atoms with E-state index in [2.05, 4.69) is 15.4 Å². The summed E-state index contributed by atoms with van der Waals surface area (Å²) in [5.41, 5.74) is 1.24. The Hall–Kier alpha value is -2.44. The lowest BCUT2D eigenvalue weighted by Crippen LogP contribution is -2.44. The van der Waals surface area contributed by atoms with Crippen molar-refractivity contribution >= 4 is 5.91 Å². The fourth-order valence-corrected chi connectivity index (χ4v) is 2.95. The SMILES string of the molecule is Cc1ccc(O[C@@H]2CCCN(C(=O)c3cc(C4CC4)on3)C2)nn1. The zero-order valence-corrected chi connectivity index (χ0v) is 13.6. The highest BCUT2D eigenvalue weighted by molar-refractivity contribution is 5.92. The van der Waals surface area contributed by atoms with Crippen LogP contribution >= 0.6 is 0 Å². The number of aromatic nitrogens is 3. The van der Waals surface area contributed by atoms with Crippen LogP contribution in [-0.2, 0) is 0 Å². The van der Waals surface area contributed by atoms with Gasteiger partial charge in [-0.1, -0.05) is 5.16 Å². The minimum atomic E-state index is -0.0889. The molecule has 2 aromatic rings. The van der Waals surface area contributed by atoms with Crippen LogP contribution < -0.4 is 4.74 Å². The minimum absolute atomic E-state index is 0.0745. The molecule has 1 aliphatic carbocycles. The first kappa shape index (κ1) is 15.1. The van der Waals surface area contributed by atoms with Gasteiger partial charge in [-0.25, -0.2) is 0 Å². The van der Waals surface area contributed by atoms with Gasteiger partial charge in [-0.05, 0) is 38.7 Å². The van der Waals surface area contributed by atoms with E-state index in [4.69, 9.17) is 9.26 Å². The lowest BCUT2D eigenvalue weighted by molar-refractivity contribution is 0.0516. The number of carbonyl (C=O) groups is 1. The van der Waals surface area contributed by atoms with Gasteiger partial charge in [0.05, 0.1) is 12.2 Å². The van der Waals surface area contributed by atoms with Gasteiger partial charge in [0, 0.05) is 24.6 Å². The Morgan fingerprint density at radius 1 is 1.29 bits per heavy atom. The Kier molecular flexibility index (Phi) is 3.92. The summed E-state index contributed by atoms with van der Waals surface area (Å²) >= 11 is 0. The molecule has 0 radical (unpaired) electrons. The van der Waals surface area contributed by atoms with E-state index in [-0.39, 0.29) is 12.0 Å². The number of nitrogens with zero attached hydrogens (tertiary/aromatic N) is 4. The molecule has 126 valence electrons. The average Bonchev–Trinajstić information content (AvgIpc) is 3.34. The molecule has 1 amide bonds. The van der Waals surface area contributed by atoms with Crippen molar-refractivity contribution in [3.05, 3.63) is 35.3 Å². The molecule has 7 nitrogen and oxygen atoms in total. The number of likely N-dealkylation sites (tertiary alicyclic amines) is 1. The van der Waals surface area contributed by atoms with Gasteiger partial charge >= 0.3 is 0 Å². The molecule has 3 heterocycles. The lowest BCUT2D eigenvalue weighted by atomic mass is 10.1. The smallest absolute Gasteiger partial charge is 0.276 e.